The van der Waals surface area contributed by atoms with Gasteiger partial charge in [0.05, 0.1) is 0 Å². The van der Waals surface area contributed by atoms with E-state index < -0.39 is 0 Å². The standard InChI is InChI=1S/C25H29FN2O2/c1-18-14-22-15-21(7-10-24(22)30-18)25(29)27(2)16-20-4-3-12-28(17-20)13-11-19-5-8-23(26)9-6-19/h5-10,14-15,20H,3-4,11-13,16-17H2,1-2H3/t20-/m1/s1. The predicted octanol–water partition coefficient (Wildman–Crippen LogP) is 4.91. The SMILES string of the molecule is Cc1cc2cc(C(=O)N(C)C[C@H]3CCCN(CCc4ccc(F)cc4)C3)ccc2o1. The monoisotopic (exact) mass is 408 g/mol. The van der Waals surface area contributed by atoms with Gasteiger partial charge in [-0.1, -0.05) is 12.1 Å². The summed E-state index contributed by atoms with van der Waals surface area (Å²) in [6, 6.07) is 14.4. The summed E-state index contributed by atoms with van der Waals surface area (Å²) in [4.78, 5) is 17.3. The normalized spacial score (nSPS) is 17.4. The Morgan fingerprint density at radius 3 is 2.80 bits per heavy atom. The second kappa shape index (κ2) is 9.00. The molecule has 4 rings (SSSR count). The van der Waals surface area contributed by atoms with Crippen molar-refractivity contribution in [3.8, 4) is 0 Å². The van der Waals surface area contributed by atoms with Gasteiger partial charge in [0.25, 0.3) is 5.91 Å². The summed E-state index contributed by atoms with van der Waals surface area (Å²) < 4.78 is 18.7. The van der Waals surface area contributed by atoms with Crippen LogP contribution in [0, 0.1) is 18.7 Å². The summed E-state index contributed by atoms with van der Waals surface area (Å²) in [6.07, 6.45) is 3.22. The molecular weight excluding hydrogens is 379 g/mol. The number of rotatable bonds is 6. The van der Waals surface area contributed by atoms with E-state index in [1.807, 2.05) is 55.3 Å². The lowest BCUT2D eigenvalue weighted by molar-refractivity contribution is 0.0730. The van der Waals surface area contributed by atoms with Gasteiger partial charge in [0.1, 0.15) is 17.2 Å². The molecule has 30 heavy (non-hydrogen) atoms. The van der Waals surface area contributed by atoms with E-state index in [0.717, 1.165) is 67.7 Å². The fourth-order valence-electron chi connectivity index (χ4n) is 4.44. The number of nitrogens with zero attached hydrogens (tertiary/aromatic N) is 2. The summed E-state index contributed by atoms with van der Waals surface area (Å²) in [7, 11) is 1.89. The van der Waals surface area contributed by atoms with Crippen LogP contribution < -0.4 is 0 Å². The van der Waals surface area contributed by atoms with Crippen LogP contribution in [0.2, 0.25) is 0 Å². The number of halogens is 1. The number of benzene rings is 2. The molecule has 3 aromatic rings. The molecule has 5 heteroatoms. The second-order valence-electron chi connectivity index (χ2n) is 8.48. The van der Waals surface area contributed by atoms with E-state index in [9.17, 15) is 9.18 Å². The number of amides is 1. The number of fused-ring (bicyclic) bond motifs is 1. The van der Waals surface area contributed by atoms with Crippen LogP contribution in [0.4, 0.5) is 4.39 Å². The Morgan fingerprint density at radius 1 is 1.20 bits per heavy atom. The van der Waals surface area contributed by atoms with Crippen molar-refractivity contribution in [2.45, 2.75) is 26.2 Å². The Hall–Kier alpha value is -2.66. The minimum Gasteiger partial charge on any atom is -0.461 e. The predicted molar refractivity (Wildman–Crippen MR) is 117 cm³/mol. The van der Waals surface area contributed by atoms with Gasteiger partial charge in [0, 0.05) is 37.6 Å². The van der Waals surface area contributed by atoms with Gasteiger partial charge >= 0.3 is 0 Å². The third kappa shape index (κ3) is 4.90. The van der Waals surface area contributed by atoms with E-state index in [4.69, 9.17) is 4.42 Å². The van der Waals surface area contributed by atoms with Crippen LogP contribution in [0.5, 0.6) is 0 Å². The molecule has 1 saturated heterocycles. The third-order valence-corrected chi connectivity index (χ3v) is 6.00. The molecule has 1 fully saturated rings. The van der Waals surface area contributed by atoms with Gasteiger partial charge < -0.3 is 14.2 Å². The highest BCUT2D eigenvalue weighted by Crippen LogP contribution is 2.22. The lowest BCUT2D eigenvalue weighted by Gasteiger charge is -2.34. The fraction of sp³-hybridized carbons (Fsp3) is 0.400. The average Bonchev–Trinajstić information content (AvgIpc) is 3.12. The Labute approximate surface area is 177 Å². The van der Waals surface area contributed by atoms with Gasteiger partial charge in [-0.05, 0) is 80.6 Å². The van der Waals surface area contributed by atoms with Gasteiger partial charge in [0.2, 0.25) is 0 Å². The smallest absolute Gasteiger partial charge is 0.253 e. The Bertz CT molecular complexity index is 1010. The number of hydrogen-bond acceptors (Lipinski definition) is 3. The molecule has 0 spiro atoms. The maximum atomic E-state index is 13.1. The molecule has 0 bridgehead atoms. The maximum absolute atomic E-state index is 13.1. The summed E-state index contributed by atoms with van der Waals surface area (Å²) in [6.45, 7) is 5.73. The zero-order chi connectivity index (χ0) is 21.1. The molecule has 0 aliphatic carbocycles. The first-order chi connectivity index (χ1) is 14.5. The van der Waals surface area contributed by atoms with Crippen molar-refractivity contribution in [1.29, 1.82) is 0 Å². The topological polar surface area (TPSA) is 36.7 Å². The first-order valence-corrected chi connectivity index (χ1v) is 10.7. The minimum absolute atomic E-state index is 0.0548. The number of likely N-dealkylation sites (tertiary alicyclic amines) is 1. The van der Waals surface area contributed by atoms with Crippen LogP contribution >= 0.6 is 0 Å². The van der Waals surface area contributed by atoms with Crippen LogP contribution in [0.1, 0.15) is 34.5 Å². The molecule has 158 valence electrons. The van der Waals surface area contributed by atoms with Crippen LogP contribution in [0.3, 0.4) is 0 Å². The summed E-state index contributed by atoms with van der Waals surface area (Å²) in [5.74, 6) is 1.19. The van der Waals surface area contributed by atoms with E-state index in [1.54, 1.807) is 0 Å². The number of carbonyl (C=O) groups excluding carboxylic acids is 1. The van der Waals surface area contributed by atoms with Crippen LogP contribution in [-0.4, -0.2) is 48.9 Å². The first-order valence-electron chi connectivity index (χ1n) is 10.7. The van der Waals surface area contributed by atoms with Crippen molar-refractivity contribution in [3.05, 3.63) is 71.2 Å². The molecular formula is C25H29FN2O2. The van der Waals surface area contributed by atoms with Gasteiger partial charge in [-0.25, -0.2) is 4.39 Å². The van der Waals surface area contributed by atoms with Crippen molar-refractivity contribution in [2.24, 2.45) is 5.92 Å². The van der Waals surface area contributed by atoms with Gasteiger partial charge in [0.15, 0.2) is 0 Å². The van der Waals surface area contributed by atoms with Crippen LogP contribution in [0.25, 0.3) is 11.0 Å². The van der Waals surface area contributed by atoms with Crippen LogP contribution in [0.15, 0.2) is 52.9 Å². The van der Waals surface area contributed by atoms with Crippen molar-refractivity contribution in [3.63, 3.8) is 0 Å². The maximum Gasteiger partial charge on any atom is 0.253 e. The fourth-order valence-corrected chi connectivity index (χ4v) is 4.44. The molecule has 1 amide bonds. The molecule has 0 radical (unpaired) electrons. The number of carbonyl (C=O) groups is 1. The number of hydrogen-bond donors (Lipinski definition) is 0. The minimum atomic E-state index is -0.188. The molecule has 2 heterocycles. The number of aryl methyl sites for hydroxylation is 1. The highest BCUT2D eigenvalue weighted by molar-refractivity contribution is 5.97. The van der Waals surface area contributed by atoms with Crippen molar-refractivity contribution in [1.82, 2.24) is 9.80 Å². The molecule has 1 atom stereocenters. The summed E-state index contributed by atoms with van der Waals surface area (Å²) in [5, 5.41) is 0.969. The van der Waals surface area contributed by atoms with Crippen LogP contribution in [-0.2, 0) is 6.42 Å². The van der Waals surface area contributed by atoms with Gasteiger partial charge in [-0.2, -0.15) is 0 Å². The van der Waals surface area contributed by atoms with Gasteiger partial charge in [-0.15, -0.1) is 0 Å². The Morgan fingerprint density at radius 2 is 2.00 bits per heavy atom. The summed E-state index contributed by atoms with van der Waals surface area (Å²) >= 11 is 0. The highest BCUT2D eigenvalue weighted by atomic mass is 19.1. The Kier molecular flexibility index (Phi) is 6.18. The molecule has 0 unspecified atom stereocenters. The van der Waals surface area contributed by atoms with Crippen molar-refractivity contribution >= 4 is 16.9 Å². The molecule has 1 aromatic heterocycles. The highest BCUT2D eigenvalue weighted by Gasteiger charge is 2.23. The van der Waals surface area contributed by atoms with E-state index in [1.165, 1.54) is 12.1 Å². The zero-order valence-electron chi connectivity index (χ0n) is 17.7. The van der Waals surface area contributed by atoms with E-state index in [-0.39, 0.29) is 11.7 Å². The molecule has 0 saturated carbocycles. The van der Waals surface area contributed by atoms with Crippen molar-refractivity contribution in [2.75, 3.05) is 33.2 Å². The zero-order valence-corrected chi connectivity index (χ0v) is 17.7. The first kappa shape index (κ1) is 20.6. The van der Waals surface area contributed by atoms with E-state index >= 15 is 0 Å². The number of piperidine rings is 1. The molecule has 4 nitrogen and oxygen atoms in total. The molecule has 1 aliphatic heterocycles. The average molecular weight is 409 g/mol. The van der Waals surface area contributed by atoms with E-state index in [2.05, 4.69) is 4.90 Å². The third-order valence-electron chi connectivity index (χ3n) is 6.00. The lowest BCUT2D eigenvalue weighted by atomic mass is 9.96. The quantitative estimate of drug-likeness (QED) is 0.582. The largest absolute Gasteiger partial charge is 0.461 e. The Balaban J connectivity index is 1.32. The summed E-state index contributed by atoms with van der Waals surface area (Å²) in [5.41, 5.74) is 2.68. The number of furan rings is 1. The van der Waals surface area contributed by atoms with Gasteiger partial charge in [-0.3, -0.25) is 4.79 Å². The van der Waals surface area contributed by atoms with Crippen molar-refractivity contribution < 1.29 is 13.6 Å². The molecule has 1 aliphatic rings. The molecule has 2 aromatic carbocycles. The molecule has 0 N–H and O–H groups in total. The lowest BCUT2D eigenvalue weighted by Crippen LogP contribution is -2.42. The second-order valence-corrected chi connectivity index (χ2v) is 8.48. The van der Waals surface area contributed by atoms with E-state index in [0.29, 0.717) is 11.5 Å².